The fourth-order valence-electron chi connectivity index (χ4n) is 2.03. The summed E-state index contributed by atoms with van der Waals surface area (Å²) in [6.07, 6.45) is 3.41. The van der Waals surface area contributed by atoms with Crippen molar-refractivity contribution in [2.75, 3.05) is 19.3 Å². The van der Waals surface area contributed by atoms with Gasteiger partial charge in [-0.2, -0.15) is 4.31 Å². The summed E-state index contributed by atoms with van der Waals surface area (Å²) in [5, 5.41) is 0. The fraction of sp³-hybridized carbons (Fsp3) is 0.500. The maximum atomic E-state index is 12.4. The first-order valence-corrected chi connectivity index (χ1v) is 8.60. The van der Waals surface area contributed by atoms with E-state index in [1.807, 2.05) is 12.3 Å². The molecule has 0 atom stereocenters. The minimum Gasteiger partial charge on any atom is -0.328 e. The quantitative estimate of drug-likeness (QED) is 0.864. The molecule has 19 heavy (non-hydrogen) atoms. The molecule has 1 aromatic rings. The van der Waals surface area contributed by atoms with Crippen LogP contribution in [0.1, 0.15) is 12.8 Å². The Hall–Kier alpha value is -0.270. The predicted molar refractivity (Wildman–Crippen MR) is 81.4 cm³/mol. The van der Waals surface area contributed by atoms with Crippen LogP contribution in [0.25, 0.3) is 0 Å². The van der Waals surface area contributed by atoms with E-state index in [-0.39, 0.29) is 18.4 Å². The van der Waals surface area contributed by atoms with Gasteiger partial charge in [-0.25, -0.2) is 8.42 Å². The average Bonchev–Trinajstić information content (AvgIpc) is 2.39. The van der Waals surface area contributed by atoms with E-state index in [2.05, 4.69) is 0 Å². The number of nitrogens with zero attached hydrogens (tertiary/aromatic N) is 1. The third kappa shape index (κ3) is 3.86. The van der Waals surface area contributed by atoms with Gasteiger partial charge in [-0.15, -0.1) is 24.2 Å². The molecule has 7 heteroatoms. The first-order chi connectivity index (χ1) is 8.54. The van der Waals surface area contributed by atoms with Crippen molar-refractivity contribution in [2.45, 2.75) is 28.7 Å². The van der Waals surface area contributed by atoms with Crippen molar-refractivity contribution in [3.8, 4) is 0 Å². The highest BCUT2D eigenvalue weighted by molar-refractivity contribution is 7.98. The molecule has 108 valence electrons. The highest BCUT2D eigenvalue weighted by atomic mass is 35.5. The molecule has 0 aromatic heterocycles. The Morgan fingerprint density at radius 2 is 1.95 bits per heavy atom. The van der Waals surface area contributed by atoms with E-state index in [9.17, 15) is 8.42 Å². The predicted octanol–water partition coefficient (Wildman–Crippen LogP) is 1.94. The Morgan fingerprint density at radius 3 is 2.53 bits per heavy atom. The second-order valence-electron chi connectivity index (χ2n) is 4.42. The maximum Gasteiger partial charge on any atom is 0.243 e. The number of benzene rings is 1. The molecule has 1 fully saturated rings. The number of rotatable bonds is 3. The van der Waals surface area contributed by atoms with E-state index in [1.54, 1.807) is 30.0 Å². The number of piperidine rings is 1. The molecule has 4 nitrogen and oxygen atoms in total. The lowest BCUT2D eigenvalue weighted by molar-refractivity contribution is 0.320. The van der Waals surface area contributed by atoms with Gasteiger partial charge in [0.25, 0.3) is 0 Å². The van der Waals surface area contributed by atoms with E-state index in [0.29, 0.717) is 18.0 Å². The number of halogens is 1. The van der Waals surface area contributed by atoms with Crippen molar-refractivity contribution in [3.05, 3.63) is 24.3 Å². The van der Waals surface area contributed by atoms with E-state index < -0.39 is 10.0 Å². The zero-order valence-corrected chi connectivity index (χ0v) is 13.2. The minimum atomic E-state index is -3.35. The molecule has 1 heterocycles. The third-order valence-corrected chi connectivity index (χ3v) is 5.80. The number of hydrogen-bond donors (Lipinski definition) is 1. The standard InChI is InChI=1S/C12H18N2O2S2.ClH/c1-17-11-3-2-4-12(9-11)18(15,16)14-7-5-10(13)6-8-14;/h2-4,9-10H,5-8,13H2,1H3;1H. The first kappa shape index (κ1) is 16.8. The van der Waals surface area contributed by atoms with Crippen molar-refractivity contribution >= 4 is 34.2 Å². The van der Waals surface area contributed by atoms with Gasteiger partial charge in [0.05, 0.1) is 4.90 Å². The first-order valence-electron chi connectivity index (χ1n) is 5.94. The number of thioether (sulfide) groups is 1. The van der Waals surface area contributed by atoms with Gasteiger partial charge in [0, 0.05) is 24.0 Å². The summed E-state index contributed by atoms with van der Waals surface area (Å²) in [4.78, 5) is 1.34. The lowest BCUT2D eigenvalue weighted by Gasteiger charge is -2.29. The van der Waals surface area contributed by atoms with Gasteiger partial charge in [-0.05, 0) is 37.3 Å². The van der Waals surface area contributed by atoms with Crippen molar-refractivity contribution < 1.29 is 8.42 Å². The van der Waals surface area contributed by atoms with Gasteiger partial charge in [-0.1, -0.05) is 6.07 Å². The molecule has 2 rings (SSSR count). The van der Waals surface area contributed by atoms with E-state index in [1.165, 1.54) is 4.31 Å². The average molecular weight is 323 g/mol. The zero-order valence-electron chi connectivity index (χ0n) is 10.8. The topological polar surface area (TPSA) is 63.4 Å². The van der Waals surface area contributed by atoms with E-state index in [0.717, 1.165) is 17.7 Å². The number of hydrogen-bond acceptors (Lipinski definition) is 4. The molecule has 1 saturated heterocycles. The molecular weight excluding hydrogens is 304 g/mol. The third-order valence-electron chi connectivity index (χ3n) is 3.18. The Morgan fingerprint density at radius 1 is 1.32 bits per heavy atom. The molecule has 0 bridgehead atoms. The second kappa shape index (κ2) is 6.95. The highest BCUT2D eigenvalue weighted by Gasteiger charge is 2.28. The van der Waals surface area contributed by atoms with Gasteiger partial charge >= 0.3 is 0 Å². The van der Waals surface area contributed by atoms with Gasteiger partial charge < -0.3 is 5.73 Å². The summed E-state index contributed by atoms with van der Waals surface area (Å²) in [6.45, 7) is 1.04. The van der Waals surface area contributed by atoms with Crippen molar-refractivity contribution in [2.24, 2.45) is 5.73 Å². The molecule has 1 aliphatic rings. The molecule has 0 spiro atoms. The summed E-state index contributed by atoms with van der Waals surface area (Å²) in [5.41, 5.74) is 5.80. The second-order valence-corrected chi connectivity index (χ2v) is 7.24. The van der Waals surface area contributed by atoms with Gasteiger partial charge in [0.2, 0.25) is 10.0 Å². The molecule has 0 saturated carbocycles. The Balaban J connectivity index is 0.00000180. The lowest BCUT2D eigenvalue weighted by Crippen LogP contribution is -2.42. The number of nitrogens with two attached hydrogens (primary N) is 1. The minimum absolute atomic E-state index is 0. The van der Waals surface area contributed by atoms with Gasteiger partial charge in [0.15, 0.2) is 0 Å². The number of sulfonamides is 1. The molecule has 0 amide bonds. The Kier molecular flexibility index (Phi) is 6.14. The SMILES string of the molecule is CSc1cccc(S(=O)(=O)N2CCC(N)CC2)c1.Cl. The lowest BCUT2D eigenvalue weighted by atomic mass is 10.1. The summed E-state index contributed by atoms with van der Waals surface area (Å²) in [6, 6.07) is 7.22. The highest BCUT2D eigenvalue weighted by Crippen LogP contribution is 2.23. The van der Waals surface area contributed by atoms with Crippen LogP contribution in [0, 0.1) is 0 Å². The summed E-state index contributed by atoms with van der Waals surface area (Å²) < 4.78 is 26.4. The molecule has 0 radical (unpaired) electrons. The summed E-state index contributed by atoms with van der Waals surface area (Å²) >= 11 is 1.54. The molecular formula is C12H19ClN2O2S2. The van der Waals surface area contributed by atoms with Gasteiger partial charge in [-0.3, -0.25) is 0 Å². The van der Waals surface area contributed by atoms with Crippen molar-refractivity contribution in [1.82, 2.24) is 4.31 Å². The van der Waals surface area contributed by atoms with Crippen LogP contribution < -0.4 is 5.73 Å². The molecule has 1 aromatic carbocycles. The molecule has 2 N–H and O–H groups in total. The maximum absolute atomic E-state index is 12.4. The molecule has 0 aliphatic carbocycles. The summed E-state index contributed by atoms with van der Waals surface area (Å²) in [5.74, 6) is 0. The Labute approximate surface area is 125 Å². The zero-order chi connectivity index (χ0) is 13.2. The van der Waals surface area contributed by atoms with Crippen LogP contribution in [0.15, 0.2) is 34.1 Å². The van der Waals surface area contributed by atoms with E-state index in [4.69, 9.17) is 5.73 Å². The van der Waals surface area contributed by atoms with Crippen LogP contribution in [-0.2, 0) is 10.0 Å². The fourth-order valence-corrected chi connectivity index (χ4v) is 4.08. The molecule has 1 aliphatic heterocycles. The van der Waals surface area contributed by atoms with Crippen LogP contribution >= 0.6 is 24.2 Å². The van der Waals surface area contributed by atoms with Crippen LogP contribution in [0.3, 0.4) is 0 Å². The Bertz CT molecular complexity index is 514. The summed E-state index contributed by atoms with van der Waals surface area (Å²) in [7, 11) is -3.35. The van der Waals surface area contributed by atoms with Crippen molar-refractivity contribution in [3.63, 3.8) is 0 Å². The van der Waals surface area contributed by atoms with Crippen LogP contribution in [0.5, 0.6) is 0 Å². The largest absolute Gasteiger partial charge is 0.328 e. The van der Waals surface area contributed by atoms with Crippen LogP contribution in [-0.4, -0.2) is 38.1 Å². The van der Waals surface area contributed by atoms with Crippen LogP contribution in [0.2, 0.25) is 0 Å². The van der Waals surface area contributed by atoms with Crippen LogP contribution in [0.4, 0.5) is 0 Å². The van der Waals surface area contributed by atoms with E-state index >= 15 is 0 Å². The monoisotopic (exact) mass is 322 g/mol. The smallest absolute Gasteiger partial charge is 0.243 e. The van der Waals surface area contributed by atoms with Gasteiger partial charge in [0.1, 0.15) is 0 Å². The molecule has 0 unspecified atom stereocenters. The van der Waals surface area contributed by atoms with Crippen molar-refractivity contribution in [1.29, 1.82) is 0 Å². The normalized spacial score (nSPS) is 18.0.